The Balaban J connectivity index is 2.33. The highest BCUT2D eigenvalue weighted by molar-refractivity contribution is 6.32. The second kappa shape index (κ2) is 6.35. The Labute approximate surface area is 129 Å². The molecule has 1 aliphatic rings. The van der Waals surface area contributed by atoms with Gasteiger partial charge in [0.25, 0.3) is 0 Å². The average Bonchev–Trinajstić information content (AvgIpc) is 2.49. The number of halogens is 1. The van der Waals surface area contributed by atoms with Crippen molar-refractivity contribution >= 4 is 29.1 Å². The van der Waals surface area contributed by atoms with E-state index in [0.717, 1.165) is 6.42 Å². The molecule has 114 valence electrons. The molecule has 1 heterocycles. The van der Waals surface area contributed by atoms with Crippen molar-refractivity contribution in [3.8, 4) is 5.75 Å². The van der Waals surface area contributed by atoms with Crippen molar-refractivity contribution in [2.24, 2.45) is 5.92 Å². The van der Waals surface area contributed by atoms with Crippen LogP contribution in [0.3, 0.4) is 0 Å². The summed E-state index contributed by atoms with van der Waals surface area (Å²) in [5, 5.41) is 3.24. The van der Waals surface area contributed by atoms with Gasteiger partial charge in [0.1, 0.15) is 18.3 Å². The summed E-state index contributed by atoms with van der Waals surface area (Å²) in [5.41, 5.74) is 0.615. The summed E-state index contributed by atoms with van der Waals surface area (Å²) in [6.45, 7) is 3.96. The van der Waals surface area contributed by atoms with Gasteiger partial charge in [-0.25, -0.2) is 0 Å². The molecule has 2 rings (SSSR count). The maximum absolute atomic E-state index is 12.6. The van der Waals surface area contributed by atoms with E-state index >= 15 is 0 Å². The highest BCUT2D eigenvalue weighted by atomic mass is 35.5. The van der Waals surface area contributed by atoms with Gasteiger partial charge in [0.05, 0.1) is 12.1 Å². The average molecular weight is 311 g/mol. The highest BCUT2D eigenvalue weighted by Crippen LogP contribution is 2.30. The summed E-state index contributed by atoms with van der Waals surface area (Å²) in [7, 11) is 1.51. The summed E-state index contributed by atoms with van der Waals surface area (Å²) in [5.74, 6) is 0.300. The van der Waals surface area contributed by atoms with Crippen LogP contribution < -0.4 is 15.0 Å². The van der Waals surface area contributed by atoms with Gasteiger partial charge in [-0.05, 0) is 18.1 Å². The van der Waals surface area contributed by atoms with E-state index in [1.165, 1.54) is 12.0 Å². The molecule has 0 aromatic heterocycles. The van der Waals surface area contributed by atoms with E-state index in [2.05, 4.69) is 5.32 Å². The minimum absolute atomic E-state index is 0.0105. The van der Waals surface area contributed by atoms with Crippen molar-refractivity contribution < 1.29 is 14.3 Å². The van der Waals surface area contributed by atoms with Gasteiger partial charge in [-0.15, -0.1) is 0 Å². The van der Waals surface area contributed by atoms with Gasteiger partial charge < -0.3 is 15.0 Å². The molecular weight excluding hydrogens is 292 g/mol. The Bertz CT molecular complexity index is 562. The molecule has 2 amide bonds. The predicted octanol–water partition coefficient (Wildman–Crippen LogP) is 2.23. The molecule has 21 heavy (non-hydrogen) atoms. The maximum Gasteiger partial charge on any atom is 0.250 e. The number of anilines is 1. The number of hydrogen-bond acceptors (Lipinski definition) is 3. The normalized spacial score (nSPS) is 20.2. The molecule has 2 atom stereocenters. The first-order valence-electron chi connectivity index (χ1n) is 6.92. The van der Waals surface area contributed by atoms with Crippen LogP contribution in [0.2, 0.25) is 5.02 Å². The van der Waals surface area contributed by atoms with E-state index < -0.39 is 6.04 Å². The minimum atomic E-state index is -0.488. The van der Waals surface area contributed by atoms with Gasteiger partial charge in [0.2, 0.25) is 11.8 Å². The van der Waals surface area contributed by atoms with Gasteiger partial charge in [-0.3, -0.25) is 9.59 Å². The first-order valence-corrected chi connectivity index (χ1v) is 7.30. The quantitative estimate of drug-likeness (QED) is 0.927. The van der Waals surface area contributed by atoms with E-state index in [-0.39, 0.29) is 24.3 Å². The number of rotatable bonds is 4. The molecular formula is C15H19ClN2O3. The van der Waals surface area contributed by atoms with E-state index in [9.17, 15) is 9.59 Å². The Morgan fingerprint density at radius 2 is 2.19 bits per heavy atom. The summed E-state index contributed by atoms with van der Waals surface area (Å²) >= 11 is 5.99. The molecule has 1 fully saturated rings. The molecule has 0 bridgehead atoms. The molecule has 2 unspecified atom stereocenters. The molecule has 0 spiro atoms. The Kier molecular flexibility index (Phi) is 4.73. The monoisotopic (exact) mass is 310 g/mol. The number of amides is 2. The van der Waals surface area contributed by atoms with Gasteiger partial charge in [0.15, 0.2) is 0 Å². The lowest BCUT2D eigenvalue weighted by atomic mass is 9.96. The fraction of sp³-hybridized carbons (Fsp3) is 0.467. The number of hydrogen-bond donors (Lipinski definition) is 1. The van der Waals surface area contributed by atoms with Crippen LogP contribution in [0.1, 0.15) is 20.3 Å². The second-order valence-corrected chi connectivity index (χ2v) is 5.58. The molecule has 0 radical (unpaired) electrons. The van der Waals surface area contributed by atoms with Crippen molar-refractivity contribution in [2.75, 3.05) is 18.6 Å². The first kappa shape index (κ1) is 15.6. The smallest absolute Gasteiger partial charge is 0.250 e. The molecule has 6 heteroatoms. The lowest BCUT2D eigenvalue weighted by molar-refractivity contribution is -0.132. The van der Waals surface area contributed by atoms with Crippen LogP contribution in [0, 0.1) is 5.92 Å². The van der Waals surface area contributed by atoms with Crippen LogP contribution in [0.5, 0.6) is 5.75 Å². The second-order valence-electron chi connectivity index (χ2n) is 5.17. The number of benzene rings is 1. The fourth-order valence-electron chi connectivity index (χ4n) is 2.33. The number of piperazine rings is 1. The van der Waals surface area contributed by atoms with E-state index in [0.29, 0.717) is 16.5 Å². The Hall–Kier alpha value is -1.75. The number of nitrogens with zero attached hydrogens (tertiary/aromatic N) is 1. The largest absolute Gasteiger partial charge is 0.495 e. The van der Waals surface area contributed by atoms with E-state index in [4.69, 9.17) is 16.3 Å². The van der Waals surface area contributed by atoms with Crippen LogP contribution >= 0.6 is 11.6 Å². The van der Waals surface area contributed by atoms with E-state index in [1.807, 2.05) is 13.8 Å². The molecule has 1 N–H and O–H groups in total. The Morgan fingerprint density at radius 3 is 2.81 bits per heavy atom. The zero-order chi connectivity index (χ0) is 15.6. The topological polar surface area (TPSA) is 58.6 Å². The minimum Gasteiger partial charge on any atom is -0.495 e. The summed E-state index contributed by atoms with van der Waals surface area (Å²) in [6.07, 6.45) is 0.814. The van der Waals surface area contributed by atoms with Crippen LogP contribution in [0.25, 0.3) is 0 Å². The van der Waals surface area contributed by atoms with Crippen LogP contribution in [0.15, 0.2) is 18.2 Å². The molecule has 0 saturated carbocycles. The van der Waals surface area contributed by atoms with Gasteiger partial charge in [0, 0.05) is 11.8 Å². The number of carbonyl (C=O) groups excluding carboxylic acids is 2. The van der Waals surface area contributed by atoms with E-state index in [1.54, 1.807) is 18.2 Å². The summed E-state index contributed by atoms with van der Waals surface area (Å²) < 4.78 is 5.16. The van der Waals surface area contributed by atoms with Crippen molar-refractivity contribution in [3.63, 3.8) is 0 Å². The van der Waals surface area contributed by atoms with Gasteiger partial charge in [-0.2, -0.15) is 0 Å². The summed E-state index contributed by atoms with van der Waals surface area (Å²) in [4.78, 5) is 26.0. The predicted molar refractivity (Wildman–Crippen MR) is 81.7 cm³/mol. The third-order valence-corrected chi connectivity index (χ3v) is 4.12. The van der Waals surface area contributed by atoms with Crippen molar-refractivity contribution in [1.82, 2.24) is 5.32 Å². The van der Waals surface area contributed by atoms with Crippen molar-refractivity contribution in [1.29, 1.82) is 0 Å². The standard InChI is InChI=1S/C15H19ClN2O3/c1-4-9(2)14-15(20)18(8-13(19)17-14)10-5-6-11(16)12(7-10)21-3/h5-7,9,14H,4,8H2,1-3H3,(H,17,19). The number of carbonyl (C=O) groups is 2. The van der Waals surface area contributed by atoms with Crippen molar-refractivity contribution in [2.45, 2.75) is 26.3 Å². The van der Waals surface area contributed by atoms with Gasteiger partial charge in [-0.1, -0.05) is 31.9 Å². The third kappa shape index (κ3) is 3.13. The maximum atomic E-state index is 12.6. The molecule has 5 nitrogen and oxygen atoms in total. The number of methoxy groups -OCH3 is 1. The fourth-order valence-corrected chi connectivity index (χ4v) is 2.52. The van der Waals surface area contributed by atoms with Crippen molar-refractivity contribution in [3.05, 3.63) is 23.2 Å². The molecule has 1 aliphatic heterocycles. The molecule has 1 aromatic rings. The lowest BCUT2D eigenvalue weighted by Crippen LogP contribution is -2.60. The summed E-state index contributed by atoms with van der Waals surface area (Å²) in [6, 6.07) is 4.56. The first-order chi connectivity index (χ1) is 9.97. The van der Waals surface area contributed by atoms with Crippen LogP contribution in [0.4, 0.5) is 5.69 Å². The lowest BCUT2D eigenvalue weighted by Gasteiger charge is -2.35. The zero-order valence-corrected chi connectivity index (χ0v) is 13.1. The zero-order valence-electron chi connectivity index (χ0n) is 12.4. The molecule has 0 aliphatic carbocycles. The SMILES string of the molecule is CCC(C)C1NC(=O)CN(c2ccc(Cl)c(OC)c2)C1=O. The van der Waals surface area contributed by atoms with Gasteiger partial charge >= 0.3 is 0 Å². The Morgan fingerprint density at radius 1 is 1.48 bits per heavy atom. The number of nitrogens with one attached hydrogen (secondary N) is 1. The molecule has 1 saturated heterocycles. The van der Waals surface area contributed by atoms with Crippen LogP contribution in [-0.2, 0) is 9.59 Å². The highest BCUT2D eigenvalue weighted by Gasteiger charge is 2.36. The number of ether oxygens (including phenoxy) is 1. The molecule has 1 aromatic carbocycles. The van der Waals surface area contributed by atoms with Crippen LogP contribution in [-0.4, -0.2) is 31.5 Å². The third-order valence-electron chi connectivity index (χ3n) is 3.81.